The highest BCUT2D eigenvalue weighted by Gasteiger charge is 2.18. The van der Waals surface area contributed by atoms with Gasteiger partial charge in [-0.2, -0.15) is 0 Å². The summed E-state index contributed by atoms with van der Waals surface area (Å²) in [4.78, 5) is 13.9. The summed E-state index contributed by atoms with van der Waals surface area (Å²) in [6.07, 6.45) is 3.38. The van der Waals surface area contributed by atoms with Gasteiger partial charge in [0.2, 0.25) is 6.79 Å². The lowest BCUT2D eigenvalue weighted by molar-refractivity contribution is 0.0790. The summed E-state index contributed by atoms with van der Waals surface area (Å²) in [6, 6.07) is 5.18. The number of amides is 1. The molecule has 0 saturated carbocycles. The lowest BCUT2D eigenvalue weighted by Gasteiger charge is -2.19. The van der Waals surface area contributed by atoms with Crippen molar-refractivity contribution in [1.82, 2.24) is 4.90 Å². The number of nitrogens with zero attached hydrogens (tertiary/aromatic N) is 1. The lowest BCUT2D eigenvalue weighted by atomic mass is 10.1. The number of hydrogen-bond donors (Lipinski definition) is 0. The van der Waals surface area contributed by atoms with Crippen LogP contribution in [-0.4, -0.2) is 30.7 Å². The molecule has 94 valence electrons. The van der Waals surface area contributed by atoms with Crippen LogP contribution in [0.4, 0.5) is 0 Å². The van der Waals surface area contributed by atoms with E-state index in [9.17, 15) is 4.79 Å². The minimum absolute atomic E-state index is 0.0758. The fraction of sp³-hybridized carbons (Fsp3) is 0.214. The maximum atomic E-state index is 12.3. The number of carbonyl (C=O) groups excluding carboxylic acids is 1. The second-order valence-electron chi connectivity index (χ2n) is 3.86. The highest BCUT2D eigenvalue weighted by atomic mass is 16.7. The zero-order valence-corrected chi connectivity index (χ0v) is 10.1. The number of ether oxygens (including phenoxy) is 2. The Kier molecular flexibility index (Phi) is 3.67. The second kappa shape index (κ2) is 5.40. The van der Waals surface area contributed by atoms with Gasteiger partial charge in [-0.3, -0.25) is 4.79 Å². The summed E-state index contributed by atoms with van der Waals surface area (Å²) in [5, 5.41) is 0. The van der Waals surface area contributed by atoms with Crippen LogP contribution in [0, 0.1) is 0 Å². The SMILES string of the molecule is C=CCN(CC=C)C(=O)c1ccc2c(c1)OCO2. The number of carbonyl (C=O) groups is 1. The molecular weight excluding hydrogens is 230 g/mol. The number of hydrogen-bond acceptors (Lipinski definition) is 3. The van der Waals surface area contributed by atoms with Crippen molar-refractivity contribution in [2.75, 3.05) is 19.9 Å². The molecule has 4 heteroatoms. The van der Waals surface area contributed by atoms with E-state index in [0.717, 1.165) is 0 Å². The van der Waals surface area contributed by atoms with E-state index >= 15 is 0 Å². The monoisotopic (exact) mass is 245 g/mol. The molecular formula is C14H15NO3. The minimum atomic E-state index is -0.0758. The summed E-state index contributed by atoms with van der Waals surface area (Å²) < 4.78 is 10.5. The Morgan fingerprint density at radius 3 is 2.56 bits per heavy atom. The molecule has 18 heavy (non-hydrogen) atoms. The van der Waals surface area contributed by atoms with Crippen LogP contribution in [0.15, 0.2) is 43.5 Å². The molecule has 1 amide bonds. The van der Waals surface area contributed by atoms with Crippen molar-refractivity contribution in [3.63, 3.8) is 0 Å². The van der Waals surface area contributed by atoms with Crippen LogP contribution in [0.25, 0.3) is 0 Å². The van der Waals surface area contributed by atoms with Crippen molar-refractivity contribution in [3.05, 3.63) is 49.1 Å². The van der Waals surface area contributed by atoms with Gasteiger partial charge in [-0.25, -0.2) is 0 Å². The molecule has 4 nitrogen and oxygen atoms in total. The molecule has 0 radical (unpaired) electrons. The average Bonchev–Trinajstić information content (AvgIpc) is 2.84. The molecule has 1 aromatic rings. The fourth-order valence-corrected chi connectivity index (χ4v) is 1.76. The van der Waals surface area contributed by atoms with E-state index in [1.165, 1.54) is 0 Å². The summed E-state index contributed by atoms with van der Waals surface area (Å²) in [5.74, 6) is 1.21. The molecule has 0 aliphatic carbocycles. The molecule has 0 bridgehead atoms. The molecule has 0 fully saturated rings. The first-order chi connectivity index (χ1) is 8.76. The van der Waals surface area contributed by atoms with E-state index in [1.807, 2.05) is 0 Å². The predicted molar refractivity (Wildman–Crippen MR) is 68.9 cm³/mol. The summed E-state index contributed by atoms with van der Waals surface area (Å²) in [7, 11) is 0. The molecule has 0 spiro atoms. The Hall–Kier alpha value is -2.23. The Bertz CT molecular complexity index is 472. The van der Waals surface area contributed by atoms with Crippen LogP contribution in [0.2, 0.25) is 0 Å². The van der Waals surface area contributed by atoms with Crippen molar-refractivity contribution in [3.8, 4) is 11.5 Å². The van der Waals surface area contributed by atoms with Crippen LogP contribution >= 0.6 is 0 Å². The van der Waals surface area contributed by atoms with Crippen LogP contribution in [-0.2, 0) is 0 Å². The number of benzene rings is 1. The third-order valence-electron chi connectivity index (χ3n) is 2.61. The largest absolute Gasteiger partial charge is 0.454 e. The Morgan fingerprint density at radius 1 is 1.22 bits per heavy atom. The molecule has 0 unspecified atom stereocenters. The van der Waals surface area contributed by atoms with Gasteiger partial charge in [-0.1, -0.05) is 12.2 Å². The van der Waals surface area contributed by atoms with Gasteiger partial charge in [0.15, 0.2) is 11.5 Å². The zero-order valence-electron chi connectivity index (χ0n) is 10.1. The molecule has 0 atom stereocenters. The molecule has 0 aromatic heterocycles. The van der Waals surface area contributed by atoms with Crippen LogP contribution in [0.3, 0.4) is 0 Å². The standard InChI is InChI=1S/C14H15NO3/c1-3-7-15(8-4-2)14(16)11-5-6-12-13(9-11)18-10-17-12/h3-6,9H,1-2,7-8,10H2. The highest BCUT2D eigenvalue weighted by molar-refractivity contribution is 5.95. The van der Waals surface area contributed by atoms with E-state index in [2.05, 4.69) is 13.2 Å². The molecule has 0 saturated heterocycles. The van der Waals surface area contributed by atoms with Gasteiger partial charge in [0, 0.05) is 18.7 Å². The topological polar surface area (TPSA) is 38.8 Å². The number of fused-ring (bicyclic) bond motifs is 1. The Balaban J connectivity index is 2.21. The zero-order chi connectivity index (χ0) is 13.0. The first-order valence-electron chi connectivity index (χ1n) is 5.67. The minimum Gasteiger partial charge on any atom is -0.454 e. The lowest BCUT2D eigenvalue weighted by Crippen LogP contribution is -2.31. The molecule has 1 aromatic carbocycles. The first-order valence-corrected chi connectivity index (χ1v) is 5.67. The summed E-state index contributed by atoms with van der Waals surface area (Å²) in [6.45, 7) is 8.46. The molecule has 1 heterocycles. The van der Waals surface area contributed by atoms with Crippen LogP contribution in [0.1, 0.15) is 10.4 Å². The molecule has 2 rings (SSSR count). The van der Waals surface area contributed by atoms with E-state index < -0.39 is 0 Å². The van der Waals surface area contributed by atoms with Gasteiger partial charge in [0.05, 0.1) is 0 Å². The van der Waals surface area contributed by atoms with E-state index in [1.54, 1.807) is 35.3 Å². The second-order valence-corrected chi connectivity index (χ2v) is 3.86. The summed E-state index contributed by atoms with van der Waals surface area (Å²) in [5.41, 5.74) is 0.572. The van der Waals surface area contributed by atoms with Crippen LogP contribution in [0.5, 0.6) is 11.5 Å². The van der Waals surface area contributed by atoms with Gasteiger partial charge in [-0.05, 0) is 18.2 Å². The van der Waals surface area contributed by atoms with Gasteiger partial charge in [0.25, 0.3) is 5.91 Å². The van der Waals surface area contributed by atoms with Gasteiger partial charge < -0.3 is 14.4 Å². The normalized spacial score (nSPS) is 12.0. The first kappa shape index (κ1) is 12.2. The smallest absolute Gasteiger partial charge is 0.254 e. The van der Waals surface area contributed by atoms with E-state index in [4.69, 9.17) is 9.47 Å². The van der Waals surface area contributed by atoms with Crippen molar-refractivity contribution in [2.45, 2.75) is 0 Å². The van der Waals surface area contributed by atoms with Crippen LogP contribution < -0.4 is 9.47 Å². The van der Waals surface area contributed by atoms with E-state index in [0.29, 0.717) is 30.2 Å². The van der Waals surface area contributed by atoms with Gasteiger partial charge in [0.1, 0.15) is 0 Å². The van der Waals surface area contributed by atoms with Gasteiger partial charge >= 0.3 is 0 Å². The Labute approximate surface area is 106 Å². The van der Waals surface area contributed by atoms with Crippen molar-refractivity contribution in [1.29, 1.82) is 0 Å². The van der Waals surface area contributed by atoms with Crippen molar-refractivity contribution < 1.29 is 14.3 Å². The predicted octanol–water partition coefficient (Wildman–Crippen LogP) is 2.23. The maximum absolute atomic E-state index is 12.3. The third kappa shape index (κ3) is 2.37. The highest BCUT2D eigenvalue weighted by Crippen LogP contribution is 2.32. The number of rotatable bonds is 5. The molecule has 0 N–H and O–H groups in total. The fourth-order valence-electron chi connectivity index (χ4n) is 1.76. The summed E-state index contributed by atoms with van der Waals surface area (Å²) >= 11 is 0. The van der Waals surface area contributed by atoms with Gasteiger partial charge in [-0.15, -0.1) is 13.2 Å². The molecule has 1 aliphatic heterocycles. The van der Waals surface area contributed by atoms with Crippen molar-refractivity contribution in [2.24, 2.45) is 0 Å². The third-order valence-corrected chi connectivity index (χ3v) is 2.61. The quantitative estimate of drug-likeness (QED) is 0.747. The Morgan fingerprint density at radius 2 is 1.89 bits per heavy atom. The maximum Gasteiger partial charge on any atom is 0.254 e. The average molecular weight is 245 g/mol. The molecule has 1 aliphatic rings. The van der Waals surface area contributed by atoms with Crippen molar-refractivity contribution >= 4 is 5.91 Å². The van der Waals surface area contributed by atoms with E-state index in [-0.39, 0.29) is 12.7 Å².